The summed E-state index contributed by atoms with van der Waals surface area (Å²) < 4.78 is 29.6. The lowest BCUT2D eigenvalue weighted by Gasteiger charge is -2.27. The van der Waals surface area contributed by atoms with Crippen molar-refractivity contribution in [3.63, 3.8) is 0 Å². The van der Waals surface area contributed by atoms with E-state index < -0.39 is 34.0 Å². The van der Waals surface area contributed by atoms with Crippen LogP contribution in [0.3, 0.4) is 0 Å². The number of nitrogen functional groups attached to an aromatic ring is 1. The van der Waals surface area contributed by atoms with E-state index in [9.17, 15) is 27.6 Å². The third-order valence-corrected chi connectivity index (χ3v) is 6.94. The molecule has 230 valence electrons. The number of hydrogen-bond acceptors (Lipinski definition) is 11. The number of carboxylic acids is 2. The van der Waals surface area contributed by atoms with Crippen LogP contribution in [0, 0.1) is 6.92 Å². The molecule has 0 aliphatic carbocycles. The third-order valence-electron chi connectivity index (χ3n) is 6.07. The van der Waals surface area contributed by atoms with Gasteiger partial charge in [-0.2, -0.15) is 13.4 Å². The molecule has 0 spiro atoms. The number of aromatic amines is 1. The van der Waals surface area contributed by atoms with E-state index in [4.69, 9.17) is 20.5 Å². The molecule has 1 amide bonds. The molecule has 1 aliphatic heterocycles. The number of aromatic nitrogens is 2. The van der Waals surface area contributed by atoms with Crippen molar-refractivity contribution < 1.29 is 37.6 Å². The third kappa shape index (κ3) is 9.72. The summed E-state index contributed by atoms with van der Waals surface area (Å²) >= 11 is 0. The Morgan fingerprint density at radius 2 is 1.74 bits per heavy atom. The Bertz CT molecular complexity index is 1630. The number of rotatable bonds is 10. The number of carbonyl (C=O) groups is 3. The van der Waals surface area contributed by atoms with E-state index in [0.717, 1.165) is 5.56 Å². The van der Waals surface area contributed by atoms with Gasteiger partial charge in [0.15, 0.2) is 5.82 Å². The number of amides is 1. The minimum absolute atomic E-state index is 0.0281. The van der Waals surface area contributed by atoms with Crippen LogP contribution in [0.4, 0.5) is 23.1 Å². The van der Waals surface area contributed by atoms with Crippen molar-refractivity contribution in [2.24, 2.45) is 0 Å². The van der Waals surface area contributed by atoms with Crippen molar-refractivity contribution in [3.05, 3.63) is 70.0 Å². The number of benzene rings is 2. The van der Waals surface area contributed by atoms with Gasteiger partial charge in [0.2, 0.25) is 5.95 Å². The van der Waals surface area contributed by atoms with E-state index in [0.29, 0.717) is 30.3 Å². The predicted octanol–water partition coefficient (Wildman–Crippen LogP) is 0.960. The van der Waals surface area contributed by atoms with E-state index in [1.807, 2.05) is 6.92 Å². The Hall–Kier alpha value is -5.16. The van der Waals surface area contributed by atoms with Crippen LogP contribution < -0.4 is 32.6 Å². The summed E-state index contributed by atoms with van der Waals surface area (Å²) in [5.41, 5.74) is 7.36. The number of H-pyrrole nitrogens is 1. The second-order valence-electron chi connectivity index (χ2n) is 9.44. The fourth-order valence-electron chi connectivity index (χ4n) is 3.81. The zero-order valence-electron chi connectivity index (χ0n) is 22.8. The Kier molecular flexibility index (Phi) is 10.6. The molecule has 1 aromatic heterocycles. The number of aliphatic carboxylic acids is 2. The number of fused-ring (bicyclic) bond motifs is 1. The largest absolute Gasteiger partial charge is 0.481 e. The molecule has 16 nitrogen and oxygen atoms in total. The van der Waals surface area contributed by atoms with Gasteiger partial charge in [-0.1, -0.05) is 17.7 Å². The van der Waals surface area contributed by atoms with Gasteiger partial charge < -0.3 is 37.2 Å². The number of nitrogens with two attached hydrogens (primary N) is 1. The minimum atomic E-state index is -4.02. The Morgan fingerprint density at radius 3 is 2.33 bits per heavy atom. The maximum absolute atomic E-state index is 12.3. The minimum Gasteiger partial charge on any atom is -0.481 e. The molecule has 2 atom stereocenters. The first-order valence-electron chi connectivity index (χ1n) is 12.8. The van der Waals surface area contributed by atoms with Gasteiger partial charge in [0.25, 0.3) is 21.6 Å². The predicted molar refractivity (Wildman–Crippen MR) is 157 cm³/mol. The van der Waals surface area contributed by atoms with Gasteiger partial charge in [-0.05, 0) is 49.7 Å². The number of hydrogen-bond donors (Lipinski definition) is 9. The van der Waals surface area contributed by atoms with Gasteiger partial charge in [-0.15, -0.1) is 0 Å². The summed E-state index contributed by atoms with van der Waals surface area (Å²) in [6.07, 6.45) is -0.587. The first kappa shape index (κ1) is 32.4. The van der Waals surface area contributed by atoms with E-state index in [-0.39, 0.29) is 40.9 Å². The molecule has 3 aromatic rings. The molecule has 0 saturated heterocycles. The van der Waals surface area contributed by atoms with Crippen LogP contribution >= 0.6 is 0 Å². The van der Waals surface area contributed by atoms with Crippen molar-refractivity contribution in [3.8, 4) is 0 Å². The molecule has 0 bridgehead atoms. The summed E-state index contributed by atoms with van der Waals surface area (Å²) in [5.74, 6) is -2.64. The number of nitrogens with one attached hydrogen (secondary N) is 5. The Labute approximate surface area is 245 Å². The molecule has 17 heteroatoms. The van der Waals surface area contributed by atoms with Gasteiger partial charge in [0.05, 0.1) is 10.9 Å². The van der Waals surface area contributed by atoms with E-state index in [1.165, 1.54) is 24.3 Å². The zero-order valence-corrected chi connectivity index (χ0v) is 23.6. The highest BCUT2D eigenvalue weighted by Crippen LogP contribution is 2.20. The molecular formula is C26H31N7O9S. The summed E-state index contributed by atoms with van der Waals surface area (Å²) in [5, 5.41) is 29.5. The molecule has 2 aromatic carbocycles. The number of carboxylic acid groups (broad SMARTS) is 2. The van der Waals surface area contributed by atoms with E-state index in [1.54, 1.807) is 24.3 Å². The number of aryl methyl sites for hydroxylation is 1. The Morgan fingerprint density at radius 1 is 1.09 bits per heavy atom. The molecule has 0 saturated carbocycles. The molecule has 0 fully saturated rings. The average Bonchev–Trinajstić information content (AvgIpc) is 2.94. The summed E-state index contributed by atoms with van der Waals surface area (Å²) in [6, 6.07) is 10.9. The van der Waals surface area contributed by atoms with Gasteiger partial charge in [0, 0.05) is 30.8 Å². The van der Waals surface area contributed by atoms with Gasteiger partial charge in [-0.3, -0.25) is 23.9 Å². The fraction of sp³-hybridized carbons (Fsp3) is 0.269. The fourth-order valence-corrected chi connectivity index (χ4v) is 4.29. The quantitative estimate of drug-likeness (QED) is 0.143. The lowest BCUT2D eigenvalue weighted by Crippen LogP contribution is -2.41. The molecule has 1 unspecified atom stereocenters. The highest BCUT2D eigenvalue weighted by Gasteiger charge is 2.23. The molecule has 4 rings (SSSR count). The van der Waals surface area contributed by atoms with Crippen molar-refractivity contribution in [2.75, 3.05) is 34.8 Å². The smallest absolute Gasteiger partial charge is 0.326 e. The summed E-state index contributed by atoms with van der Waals surface area (Å²) in [7, 11) is -4.02. The van der Waals surface area contributed by atoms with Gasteiger partial charge in [0.1, 0.15) is 11.7 Å². The van der Waals surface area contributed by atoms with Crippen LogP contribution in [-0.2, 0) is 19.7 Å². The average molecular weight is 618 g/mol. The standard InChI is InChI=1S/C19H23N7O6.C7H8O3S/c20-19-25-15-14(17(30)26-19)23-11(8-22-15)7-21-10-3-1-9(2-4-10)16(29)24-12(18(31)32)5-6-13(27)28;1-6-2-4-7(5-3-6)11(8,9)10/h1-4,11-12,21,23H,5-8H2,(H,24,29)(H,27,28)(H,31,32)(H4,20,22,25,26,30);2-5H,1H3,(H,8,9,10)/t11-,12?;/m1./s1. The van der Waals surface area contributed by atoms with Gasteiger partial charge >= 0.3 is 11.9 Å². The molecule has 1 aliphatic rings. The normalized spacial score (nSPS) is 14.4. The van der Waals surface area contributed by atoms with Crippen molar-refractivity contribution in [1.29, 1.82) is 0 Å². The number of anilines is 4. The molecule has 43 heavy (non-hydrogen) atoms. The SMILES string of the molecule is Cc1ccc(S(=O)(=O)O)cc1.Nc1nc2c(c(=O)[nH]1)N[C@H](CNc1ccc(C(=O)NC(CCC(=O)O)C(=O)O)cc1)CN2. The highest BCUT2D eigenvalue weighted by atomic mass is 32.2. The van der Waals surface area contributed by atoms with Crippen LogP contribution in [0.25, 0.3) is 0 Å². The Balaban J connectivity index is 0.000000386. The van der Waals surface area contributed by atoms with Crippen LogP contribution in [0.15, 0.2) is 58.2 Å². The summed E-state index contributed by atoms with van der Waals surface area (Å²) in [6.45, 7) is 2.80. The topological polar surface area (TPSA) is 266 Å². The van der Waals surface area contributed by atoms with Crippen LogP contribution in [0.2, 0.25) is 0 Å². The number of nitrogens with zero attached hydrogens (tertiary/aromatic N) is 1. The first-order chi connectivity index (χ1) is 20.2. The van der Waals surface area contributed by atoms with Crippen molar-refractivity contribution in [1.82, 2.24) is 15.3 Å². The van der Waals surface area contributed by atoms with Crippen LogP contribution in [0.1, 0.15) is 28.8 Å². The highest BCUT2D eigenvalue weighted by molar-refractivity contribution is 7.85. The maximum Gasteiger partial charge on any atom is 0.326 e. The van der Waals surface area contributed by atoms with Crippen molar-refractivity contribution >= 4 is 51.1 Å². The second kappa shape index (κ2) is 14.1. The van der Waals surface area contributed by atoms with E-state index >= 15 is 0 Å². The first-order valence-corrected chi connectivity index (χ1v) is 14.2. The molecular weight excluding hydrogens is 586 g/mol. The zero-order chi connectivity index (χ0) is 31.7. The maximum atomic E-state index is 12.3. The van der Waals surface area contributed by atoms with Crippen molar-refractivity contribution in [2.45, 2.75) is 36.7 Å². The molecule has 2 heterocycles. The second-order valence-corrected chi connectivity index (χ2v) is 10.9. The van der Waals surface area contributed by atoms with Crippen LogP contribution in [-0.4, -0.2) is 76.2 Å². The molecule has 0 radical (unpaired) electrons. The lowest BCUT2D eigenvalue weighted by atomic mass is 10.1. The summed E-state index contributed by atoms with van der Waals surface area (Å²) in [4.78, 5) is 52.5. The monoisotopic (exact) mass is 617 g/mol. The number of carbonyl (C=O) groups excluding carboxylic acids is 1. The van der Waals surface area contributed by atoms with Gasteiger partial charge in [-0.25, -0.2) is 4.79 Å². The molecule has 10 N–H and O–H groups in total. The lowest BCUT2D eigenvalue weighted by molar-refractivity contribution is -0.140. The van der Waals surface area contributed by atoms with Crippen LogP contribution in [0.5, 0.6) is 0 Å². The van der Waals surface area contributed by atoms with E-state index in [2.05, 4.69) is 31.2 Å².